The second-order valence-corrected chi connectivity index (χ2v) is 8.00. The highest BCUT2D eigenvalue weighted by molar-refractivity contribution is 6.33. The zero-order valence-corrected chi connectivity index (χ0v) is 18.3. The van der Waals surface area contributed by atoms with Gasteiger partial charge < -0.3 is 15.7 Å². The summed E-state index contributed by atoms with van der Waals surface area (Å²) in [5.41, 5.74) is 1.43. The van der Waals surface area contributed by atoms with Crippen molar-refractivity contribution < 1.29 is 22.7 Å². The first-order valence-electron chi connectivity index (χ1n) is 10.1. The largest absolute Gasteiger partial charge is 0.431 e. The Kier molecular flexibility index (Phi) is 6.23. The Bertz CT molecular complexity index is 1320. The van der Waals surface area contributed by atoms with Crippen LogP contribution < -0.4 is 16.2 Å². The molecule has 2 aromatic heterocycles. The number of benzene rings is 1. The van der Waals surface area contributed by atoms with E-state index in [0.717, 1.165) is 18.5 Å². The summed E-state index contributed by atoms with van der Waals surface area (Å²) in [6, 6.07) is 2.61. The molecule has 1 aliphatic heterocycles. The Morgan fingerprint density at radius 1 is 1.21 bits per heavy atom. The molecule has 1 atom stereocenters. The lowest BCUT2D eigenvalue weighted by Crippen LogP contribution is -2.50. The summed E-state index contributed by atoms with van der Waals surface area (Å²) in [6.45, 7) is 4.93. The van der Waals surface area contributed by atoms with Gasteiger partial charge in [0.1, 0.15) is 41.1 Å². The molecule has 4 rings (SSSR count). The Morgan fingerprint density at radius 3 is 2.50 bits per heavy atom. The first kappa shape index (κ1) is 23.9. The predicted octanol–water partition coefficient (Wildman–Crippen LogP) is 2.80. The lowest BCUT2D eigenvalue weighted by Gasteiger charge is -2.37. The summed E-state index contributed by atoms with van der Waals surface area (Å²) in [4.78, 5) is 24.7. The van der Waals surface area contributed by atoms with Crippen molar-refractivity contribution in [2.75, 3.05) is 36.8 Å². The van der Waals surface area contributed by atoms with Crippen molar-refractivity contribution in [3.05, 3.63) is 64.1 Å². The van der Waals surface area contributed by atoms with Gasteiger partial charge in [-0.1, -0.05) is 18.2 Å². The van der Waals surface area contributed by atoms with E-state index in [1.54, 1.807) is 9.80 Å². The molecule has 1 unspecified atom stereocenters. The van der Waals surface area contributed by atoms with Crippen molar-refractivity contribution in [1.82, 2.24) is 19.4 Å². The van der Waals surface area contributed by atoms with Gasteiger partial charge in [0, 0.05) is 26.2 Å². The molecule has 0 aliphatic carbocycles. The van der Waals surface area contributed by atoms with Crippen LogP contribution in [0.25, 0.3) is 16.6 Å². The fourth-order valence-electron chi connectivity index (χ4n) is 3.92. The van der Waals surface area contributed by atoms with Crippen molar-refractivity contribution in [3.8, 4) is 5.69 Å². The maximum atomic E-state index is 14.6. The Labute approximate surface area is 195 Å². The maximum absolute atomic E-state index is 14.6. The lowest BCUT2D eigenvalue weighted by atomic mass is 10.1. The zero-order chi connectivity index (χ0) is 24.8. The SMILES string of the molecule is C=CC(O)N1CCN(c2ncnc3c(=O)n(-c4c(F)ccc(Cl)c4N)c(C(F)(F)F)cc23)CC1. The van der Waals surface area contributed by atoms with Crippen LogP contribution in [-0.4, -0.2) is 56.9 Å². The van der Waals surface area contributed by atoms with Gasteiger partial charge in [0.05, 0.1) is 16.1 Å². The van der Waals surface area contributed by atoms with Gasteiger partial charge in [0.25, 0.3) is 5.56 Å². The molecule has 0 spiro atoms. The average molecular weight is 499 g/mol. The summed E-state index contributed by atoms with van der Waals surface area (Å²) in [7, 11) is 0. The molecule has 0 saturated carbocycles. The van der Waals surface area contributed by atoms with Crippen LogP contribution in [0.15, 0.2) is 42.0 Å². The number of hydrogen-bond donors (Lipinski definition) is 2. The second kappa shape index (κ2) is 8.85. The highest BCUT2D eigenvalue weighted by Crippen LogP contribution is 2.37. The first-order valence-corrected chi connectivity index (χ1v) is 10.4. The lowest BCUT2D eigenvalue weighted by molar-refractivity contribution is -0.142. The normalized spacial score (nSPS) is 16.1. The molecule has 13 heteroatoms. The van der Waals surface area contributed by atoms with Gasteiger partial charge >= 0.3 is 6.18 Å². The number of aromatic nitrogens is 3. The molecule has 1 aliphatic rings. The zero-order valence-electron chi connectivity index (χ0n) is 17.6. The van der Waals surface area contributed by atoms with Gasteiger partial charge in [-0.15, -0.1) is 0 Å². The number of hydrogen-bond acceptors (Lipinski definition) is 7. The molecule has 0 amide bonds. The van der Waals surface area contributed by atoms with Gasteiger partial charge in [-0.05, 0) is 24.3 Å². The van der Waals surface area contributed by atoms with Crippen LogP contribution >= 0.6 is 11.6 Å². The van der Waals surface area contributed by atoms with E-state index >= 15 is 0 Å². The van der Waals surface area contributed by atoms with E-state index in [1.807, 2.05) is 0 Å². The molecule has 3 aromatic rings. The minimum absolute atomic E-state index is 0.118. The number of pyridine rings is 1. The summed E-state index contributed by atoms with van der Waals surface area (Å²) in [5, 5.41) is 9.57. The number of nitrogen functional groups attached to an aromatic ring is 1. The van der Waals surface area contributed by atoms with E-state index < -0.39 is 40.8 Å². The summed E-state index contributed by atoms with van der Waals surface area (Å²) >= 11 is 5.90. The molecular weight excluding hydrogens is 480 g/mol. The van der Waals surface area contributed by atoms with E-state index in [1.165, 1.54) is 6.08 Å². The highest BCUT2D eigenvalue weighted by atomic mass is 35.5. The quantitative estimate of drug-likeness (QED) is 0.324. The molecule has 1 aromatic carbocycles. The Balaban J connectivity index is 1.92. The van der Waals surface area contributed by atoms with Gasteiger partial charge in [-0.2, -0.15) is 13.2 Å². The molecule has 3 heterocycles. The molecule has 0 bridgehead atoms. The number of alkyl halides is 3. The van der Waals surface area contributed by atoms with Gasteiger partial charge in [-0.3, -0.25) is 14.3 Å². The van der Waals surface area contributed by atoms with Crippen molar-refractivity contribution in [2.24, 2.45) is 0 Å². The number of fused-ring (bicyclic) bond motifs is 1. The molecule has 180 valence electrons. The number of aliphatic hydroxyl groups is 1. The highest BCUT2D eigenvalue weighted by Gasteiger charge is 2.38. The monoisotopic (exact) mass is 498 g/mol. The van der Waals surface area contributed by atoms with Crippen LogP contribution in [0, 0.1) is 5.82 Å². The van der Waals surface area contributed by atoms with Crippen molar-refractivity contribution in [3.63, 3.8) is 0 Å². The smallest absolute Gasteiger partial charge is 0.396 e. The van der Waals surface area contributed by atoms with Gasteiger partial charge in [-0.25, -0.2) is 14.4 Å². The van der Waals surface area contributed by atoms with E-state index in [-0.39, 0.29) is 26.3 Å². The molecule has 8 nitrogen and oxygen atoms in total. The van der Waals surface area contributed by atoms with E-state index in [4.69, 9.17) is 17.3 Å². The third kappa shape index (κ3) is 4.08. The van der Waals surface area contributed by atoms with E-state index in [0.29, 0.717) is 32.2 Å². The number of nitrogens with two attached hydrogens (primary N) is 1. The van der Waals surface area contributed by atoms with E-state index in [9.17, 15) is 27.5 Å². The standard InChI is InChI=1S/C21H19ClF4N6O2/c1-2-15(33)30-5-7-31(8-6-30)19-11-9-14(21(24,25)26)32(20(34)17(11)28-10-29-19)18-13(23)4-3-12(22)16(18)27/h2-4,9-10,15,33H,1,5-8,27H2. The molecular formula is C21H19ClF4N6O2. The number of aliphatic hydroxyl groups excluding tert-OH is 1. The van der Waals surface area contributed by atoms with Crippen LogP contribution in [0.1, 0.15) is 5.69 Å². The fraction of sp³-hybridized carbons (Fsp3) is 0.286. The van der Waals surface area contributed by atoms with Crippen molar-refractivity contribution in [1.29, 1.82) is 0 Å². The van der Waals surface area contributed by atoms with Crippen molar-refractivity contribution in [2.45, 2.75) is 12.4 Å². The van der Waals surface area contributed by atoms with Crippen LogP contribution in [0.5, 0.6) is 0 Å². The van der Waals surface area contributed by atoms with Crippen LogP contribution in [0.3, 0.4) is 0 Å². The third-order valence-electron chi connectivity index (χ3n) is 5.62. The van der Waals surface area contributed by atoms with Crippen LogP contribution in [-0.2, 0) is 6.18 Å². The maximum Gasteiger partial charge on any atom is 0.431 e. The summed E-state index contributed by atoms with van der Waals surface area (Å²) in [5.74, 6) is -1.04. The Hall–Kier alpha value is -3.22. The predicted molar refractivity (Wildman–Crippen MR) is 120 cm³/mol. The summed E-state index contributed by atoms with van der Waals surface area (Å²) < 4.78 is 57.1. The molecule has 3 N–H and O–H groups in total. The molecule has 1 fully saturated rings. The summed E-state index contributed by atoms with van der Waals surface area (Å²) in [6.07, 6.45) is -3.48. The number of halogens is 5. The fourth-order valence-corrected chi connectivity index (χ4v) is 4.07. The van der Waals surface area contributed by atoms with Gasteiger partial charge in [0.2, 0.25) is 0 Å². The minimum atomic E-state index is -5.05. The topological polar surface area (TPSA) is 101 Å². The third-order valence-corrected chi connectivity index (χ3v) is 5.95. The number of anilines is 2. The number of nitrogens with zero attached hydrogens (tertiary/aromatic N) is 5. The van der Waals surface area contributed by atoms with Crippen LogP contribution in [0.4, 0.5) is 29.1 Å². The van der Waals surface area contributed by atoms with Crippen LogP contribution in [0.2, 0.25) is 5.02 Å². The molecule has 0 radical (unpaired) electrons. The average Bonchev–Trinajstić information content (AvgIpc) is 2.81. The first-order chi connectivity index (χ1) is 16.0. The molecule has 34 heavy (non-hydrogen) atoms. The minimum Gasteiger partial charge on any atom is -0.396 e. The molecule has 1 saturated heterocycles. The number of rotatable bonds is 4. The van der Waals surface area contributed by atoms with E-state index in [2.05, 4.69) is 16.5 Å². The Morgan fingerprint density at radius 2 is 1.88 bits per heavy atom. The van der Waals surface area contributed by atoms with Crippen molar-refractivity contribution >= 4 is 34.0 Å². The van der Waals surface area contributed by atoms with Gasteiger partial charge in [0.15, 0.2) is 0 Å². The second-order valence-electron chi connectivity index (χ2n) is 7.59. The number of piperazine rings is 1.